The third-order valence-corrected chi connectivity index (χ3v) is 3.81. The zero-order valence-electron chi connectivity index (χ0n) is 11.9. The lowest BCUT2D eigenvalue weighted by Crippen LogP contribution is -2.22. The van der Waals surface area contributed by atoms with Crippen molar-refractivity contribution in [3.8, 4) is 0 Å². The molecule has 4 nitrogen and oxygen atoms in total. The summed E-state index contributed by atoms with van der Waals surface area (Å²) in [5.41, 5.74) is 9.13. The first kappa shape index (κ1) is 14.5. The molecule has 0 bridgehead atoms. The maximum absolute atomic E-state index is 5.87. The summed E-state index contributed by atoms with van der Waals surface area (Å²) < 4.78 is 0. The summed E-state index contributed by atoms with van der Waals surface area (Å²) in [7, 11) is 0. The number of nitrogens with zero attached hydrogens (tertiary/aromatic N) is 2. The number of nitrogens with two attached hydrogens (primary N) is 1. The fraction of sp³-hybridized carbons (Fsp3) is 0.333. The molecule has 1 heterocycles. The van der Waals surface area contributed by atoms with Crippen LogP contribution in [0.15, 0.2) is 34.6 Å². The molecule has 0 fully saturated rings. The number of benzene rings is 1. The van der Waals surface area contributed by atoms with E-state index in [1.165, 1.54) is 10.6 Å². The Morgan fingerprint density at radius 2 is 2.25 bits per heavy atom. The second-order valence-electron chi connectivity index (χ2n) is 4.75. The standard InChI is InChI=1S/C15H20N4S/c1-11-5-3-6-13(9-11)19-15(16)17-8-4-7-14-18-12(2)10-20-14/h3,5-6,9-10H,4,7-8H2,1-2H3,(H3,16,17,19). The quantitative estimate of drug-likeness (QED) is 0.505. The Hall–Kier alpha value is -1.88. The molecule has 0 spiro atoms. The van der Waals surface area contributed by atoms with Gasteiger partial charge in [0.2, 0.25) is 0 Å². The van der Waals surface area contributed by atoms with Crippen LogP contribution in [0.2, 0.25) is 0 Å². The molecule has 0 aliphatic carbocycles. The van der Waals surface area contributed by atoms with Crippen molar-refractivity contribution in [3.05, 3.63) is 45.9 Å². The molecular weight excluding hydrogens is 268 g/mol. The number of anilines is 1. The Bertz CT molecular complexity index is 589. The van der Waals surface area contributed by atoms with Gasteiger partial charge in [0.25, 0.3) is 0 Å². The summed E-state index contributed by atoms with van der Waals surface area (Å²) in [4.78, 5) is 8.76. The fourth-order valence-electron chi connectivity index (χ4n) is 1.86. The molecule has 2 rings (SSSR count). The summed E-state index contributed by atoms with van der Waals surface area (Å²) >= 11 is 1.71. The monoisotopic (exact) mass is 288 g/mol. The van der Waals surface area contributed by atoms with Gasteiger partial charge in [-0.2, -0.15) is 0 Å². The van der Waals surface area contributed by atoms with Gasteiger partial charge in [0.05, 0.1) is 5.01 Å². The molecule has 0 amide bonds. The van der Waals surface area contributed by atoms with Crippen molar-refractivity contribution in [1.82, 2.24) is 4.98 Å². The van der Waals surface area contributed by atoms with Gasteiger partial charge in [-0.1, -0.05) is 12.1 Å². The largest absolute Gasteiger partial charge is 0.370 e. The first-order valence-electron chi connectivity index (χ1n) is 6.68. The first-order chi connectivity index (χ1) is 9.63. The molecule has 3 N–H and O–H groups in total. The van der Waals surface area contributed by atoms with Crippen molar-refractivity contribution in [3.63, 3.8) is 0 Å². The van der Waals surface area contributed by atoms with E-state index in [2.05, 4.69) is 33.7 Å². The van der Waals surface area contributed by atoms with E-state index in [1.54, 1.807) is 11.3 Å². The Morgan fingerprint density at radius 3 is 2.95 bits per heavy atom. The van der Waals surface area contributed by atoms with E-state index in [1.807, 2.05) is 25.1 Å². The number of nitrogens with one attached hydrogen (secondary N) is 1. The van der Waals surface area contributed by atoms with Gasteiger partial charge >= 0.3 is 0 Å². The predicted molar refractivity (Wildman–Crippen MR) is 86.5 cm³/mol. The van der Waals surface area contributed by atoms with E-state index in [-0.39, 0.29) is 0 Å². The molecule has 0 unspecified atom stereocenters. The highest BCUT2D eigenvalue weighted by atomic mass is 32.1. The Morgan fingerprint density at radius 1 is 1.40 bits per heavy atom. The molecule has 0 atom stereocenters. The van der Waals surface area contributed by atoms with Crippen LogP contribution >= 0.6 is 11.3 Å². The van der Waals surface area contributed by atoms with Crippen LogP contribution in [0.25, 0.3) is 0 Å². The van der Waals surface area contributed by atoms with E-state index in [9.17, 15) is 0 Å². The van der Waals surface area contributed by atoms with Crippen LogP contribution in [0.5, 0.6) is 0 Å². The zero-order chi connectivity index (χ0) is 14.4. The number of aryl methyl sites for hydroxylation is 3. The SMILES string of the molecule is Cc1cccc(NC(N)=NCCCc2nc(C)cs2)c1. The second kappa shape index (κ2) is 7.05. The van der Waals surface area contributed by atoms with Crippen molar-refractivity contribution in [2.24, 2.45) is 10.7 Å². The summed E-state index contributed by atoms with van der Waals surface area (Å²) in [6.45, 7) is 4.78. The van der Waals surface area contributed by atoms with Crippen LogP contribution in [0.1, 0.15) is 22.7 Å². The molecule has 106 valence electrons. The van der Waals surface area contributed by atoms with Crippen LogP contribution < -0.4 is 11.1 Å². The smallest absolute Gasteiger partial charge is 0.193 e. The third kappa shape index (κ3) is 4.66. The number of rotatable bonds is 5. The fourth-order valence-corrected chi connectivity index (χ4v) is 2.68. The Balaban J connectivity index is 1.76. The minimum atomic E-state index is 0.464. The second-order valence-corrected chi connectivity index (χ2v) is 5.69. The molecular formula is C15H20N4S. The van der Waals surface area contributed by atoms with Crippen molar-refractivity contribution >= 4 is 23.0 Å². The summed E-state index contributed by atoms with van der Waals surface area (Å²) in [5.74, 6) is 0.464. The van der Waals surface area contributed by atoms with Gasteiger partial charge in [0.1, 0.15) is 0 Å². The number of thiazole rings is 1. The lowest BCUT2D eigenvalue weighted by Gasteiger charge is -2.06. The molecule has 0 saturated heterocycles. The minimum Gasteiger partial charge on any atom is -0.370 e. The third-order valence-electron chi connectivity index (χ3n) is 2.79. The molecule has 1 aromatic heterocycles. The van der Waals surface area contributed by atoms with E-state index >= 15 is 0 Å². The van der Waals surface area contributed by atoms with Gasteiger partial charge in [0, 0.05) is 29.7 Å². The molecule has 0 aliphatic heterocycles. The van der Waals surface area contributed by atoms with Gasteiger partial charge in [-0.3, -0.25) is 4.99 Å². The van der Waals surface area contributed by atoms with E-state index in [0.29, 0.717) is 12.5 Å². The normalized spacial score (nSPS) is 11.6. The highest BCUT2D eigenvalue weighted by Gasteiger charge is 1.99. The minimum absolute atomic E-state index is 0.464. The number of hydrogen-bond acceptors (Lipinski definition) is 3. The maximum Gasteiger partial charge on any atom is 0.193 e. The van der Waals surface area contributed by atoms with Crippen molar-refractivity contribution in [2.75, 3.05) is 11.9 Å². The first-order valence-corrected chi connectivity index (χ1v) is 7.56. The number of aliphatic imine (C=N–C) groups is 1. The van der Waals surface area contributed by atoms with Gasteiger partial charge in [0.15, 0.2) is 5.96 Å². The Labute approximate surface area is 123 Å². The molecule has 0 saturated carbocycles. The molecule has 0 aliphatic rings. The Kier molecular flexibility index (Phi) is 5.12. The van der Waals surface area contributed by atoms with Crippen molar-refractivity contribution in [2.45, 2.75) is 26.7 Å². The summed E-state index contributed by atoms with van der Waals surface area (Å²) in [6.07, 6.45) is 1.92. The van der Waals surface area contributed by atoms with Crippen molar-refractivity contribution in [1.29, 1.82) is 0 Å². The van der Waals surface area contributed by atoms with Crippen LogP contribution in [-0.4, -0.2) is 17.5 Å². The lowest BCUT2D eigenvalue weighted by molar-refractivity contribution is 0.823. The molecule has 0 radical (unpaired) electrons. The highest BCUT2D eigenvalue weighted by molar-refractivity contribution is 7.09. The number of hydrogen-bond donors (Lipinski definition) is 2. The average Bonchev–Trinajstić information content (AvgIpc) is 2.80. The maximum atomic E-state index is 5.87. The van der Waals surface area contributed by atoms with Crippen molar-refractivity contribution < 1.29 is 0 Å². The topological polar surface area (TPSA) is 63.3 Å². The number of guanidine groups is 1. The van der Waals surface area contributed by atoms with E-state index in [0.717, 1.165) is 24.2 Å². The zero-order valence-corrected chi connectivity index (χ0v) is 12.7. The van der Waals surface area contributed by atoms with E-state index < -0.39 is 0 Å². The highest BCUT2D eigenvalue weighted by Crippen LogP contribution is 2.11. The average molecular weight is 288 g/mol. The number of aromatic nitrogens is 1. The molecule has 20 heavy (non-hydrogen) atoms. The van der Waals surface area contributed by atoms with Crippen LogP contribution in [-0.2, 0) is 6.42 Å². The van der Waals surface area contributed by atoms with Gasteiger partial charge < -0.3 is 11.1 Å². The van der Waals surface area contributed by atoms with Gasteiger partial charge in [-0.25, -0.2) is 4.98 Å². The molecule has 2 aromatic rings. The van der Waals surface area contributed by atoms with Gasteiger partial charge in [-0.05, 0) is 38.0 Å². The van der Waals surface area contributed by atoms with E-state index in [4.69, 9.17) is 5.73 Å². The van der Waals surface area contributed by atoms with Gasteiger partial charge in [-0.15, -0.1) is 11.3 Å². The van der Waals surface area contributed by atoms with Crippen LogP contribution in [0.4, 0.5) is 5.69 Å². The molecule has 1 aromatic carbocycles. The summed E-state index contributed by atoms with van der Waals surface area (Å²) in [5, 5.41) is 6.35. The predicted octanol–water partition coefficient (Wildman–Crippen LogP) is 3.12. The summed E-state index contributed by atoms with van der Waals surface area (Å²) in [6, 6.07) is 8.07. The lowest BCUT2D eigenvalue weighted by atomic mass is 10.2. The van der Waals surface area contributed by atoms with Crippen LogP contribution in [0, 0.1) is 13.8 Å². The van der Waals surface area contributed by atoms with Crippen LogP contribution in [0.3, 0.4) is 0 Å². The molecule has 5 heteroatoms.